The number of rotatable bonds is 3. The Balaban J connectivity index is 1.47. The van der Waals surface area contributed by atoms with Crippen LogP contribution in [0.2, 0.25) is 0 Å². The molecule has 25 heavy (non-hydrogen) atoms. The Bertz CT molecular complexity index is 807. The molecule has 4 heterocycles. The molecule has 0 amide bonds. The summed E-state index contributed by atoms with van der Waals surface area (Å²) in [7, 11) is 0. The van der Waals surface area contributed by atoms with Gasteiger partial charge in [-0.05, 0) is 30.4 Å². The van der Waals surface area contributed by atoms with E-state index in [0.29, 0.717) is 23.0 Å². The first kappa shape index (κ1) is 15.3. The molecule has 2 aromatic rings. The first-order valence-corrected chi connectivity index (χ1v) is 9.11. The lowest BCUT2D eigenvalue weighted by Gasteiger charge is -2.56. The highest BCUT2D eigenvalue weighted by Gasteiger charge is 2.50. The summed E-state index contributed by atoms with van der Waals surface area (Å²) in [5.74, 6) is 1.89. The summed E-state index contributed by atoms with van der Waals surface area (Å²) < 4.78 is 10.9. The fourth-order valence-electron chi connectivity index (χ4n) is 3.70. The zero-order chi connectivity index (χ0) is 17.2. The minimum atomic E-state index is -0.157. The summed E-state index contributed by atoms with van der Waals surface area (Å²) in [5, 5.41) is 4.16. The summed E-state index contributed by atoms with van der Waals surface area (Å²) in [6.45, 7) is 10.2. The number of hydrogen-bond donors (Lipinski definition) is 0. The van der Waals surface area contributed by atoms with Crippen LogP contribution in [0.5, 0.6) is 0 Å². The second kappa shape index (κ2) is 5.04. The molecule has 1 aliphatic carbocycles. The van der Waals surface area contributed by atoms with E-state index in [4.69, 9.17) is 9.26 Å². The molecule has 0 unspecified atom stereocenters. The molecule has 1 spiro atoms. The van der Waals surface area contributed by atoms with Gasteiger partial charge in [-0.1, -0.05) is 25.9 Å². The van der Waals surface area contributed by atoms with Crippen LogP contribution in [-0.4, -0.2) is 41.4 Å². The molecule has 132 valence electrons. The summed E-state index contributed by atoms with van der Waals surface area (Å²) in [4.78, 5) is 11.7. The lowest BCUT2D eigenvalue weighted by molar-refractivity contribution is -0.127. The lowest BCUT2D eigenvalue weighted by atomic mass is 9.77. The second-order valence-electron chi connectivity index (χ2n) is 8.92. The van der Waals surface area contributed by atoms with E-state index in [1.165, 1.54) is 24.1 Å². The van der Waals surface area contributed by atoms with E-state index >= 15 is 0 Å². The van der Waals surface area contributed by atoms with Crippen molar-refractivity contribution in [2.24, 2.45) is 5.41 Å². The van der Waals surface area contributed by atoms with E-state index in [1.807, 2.05) is 6.20 Å². The van der Waals surface area contributed by atoms with Gasteiger partial charge in [-0.2, -0.15) is 4.98 Å². The van der Waals surface area contributed by atoms with Crippen molar-refractivity contribution < 1.29 is 9.26 Å². The number of pyridine rings is 1. The van der Waals surface area contributed by atoms with E-state index in [0.717, 1.165) is 32.0 Å². The summed E-state index contributed by atoms with van der Waals surface area (Å²) in [6.07, 6.45) is 4.57. The van der Waals surface area contributed by atoms with Crippen molar-refractivity contribution in [1.29, 1.82) is 0 Å². The largest absolute Gasteiger partial charge is 0.380 e. The third-order valence-electron chi connectivity index (χ3n) is 5.44. The van der Waals surface area contributed by atoms with Crippen molar-refractivity contribution in [3.8, 4) is 11.5 Å². The van der Waals surface area contributed by atoms with Crippen LogP contribution in [0.4, 0.5) is 5.69 Å². The molecule has 6 heteroatoms. The molecule has 2 aromatic heterocycles. The Hall–Kier alpha value is -1.95. The topological polar surface area (TPSA) is 64.3 Å². The van der Waals surface area contributed by atoms with Gasteiger partial charge < -0.3 is 14.2 Å². The van der Waals surface area contributed by atoms with Crippen molar-refractivity contribution >= 4 is 5.69 Å². The first-order chi connectivity index (χ1) is 11.9. The fourth-order valence-corrected chi connectivity index (χ4v) is 3.70. The van der Waals surface area contributed by atoms with Gasteiger partial charge in [0.25, 0.3) is 0 Å². The van der Waals surface area contributed by atoms with Crippen LogP contribution < -0.4 is 4.90 Å². The summed E-state index contributed by atoms with van der Waals surface area (Å²) >= 11 is 0. The predicted molar refractivity (Wildman–Crippen MR) is 93.7 cm³/mol. The van der Waals surface area contributed by atoms with Gasteiger partial charge in [0, 0.05) is 30.4 Å². The van der Waals surface area contributed by atoms with E-state index in [1.54, 1.807) is 0 Å². The van der Waals surface area contributed by atoms with Crippen LogP contribution in [0.25, 0.3) is 11.5 Å². The molecule has 5 rings (SSSR count). The Labute approximate surface area is 147 Å². The molecule has 0 bridgehead atoms. The van der Waals surface area contributed by atoms with E-state index < -0.39 is 0 Å². The van der Waals surface area contributed by atoms with Crippen molar-refractivity contribution in [2.45, 2.75) is 44.9 Å². The van der Waals surface area contributed by atoms with Gasteiger partial charge in [-0.25, -0.2) is 0 Å². The van der Waals surface area contributed by atoms with Crippen LogP contribution >= 0.6 is 0 Å². The van der Waals surface area contributed by atoms with Gasteiger partial charge in [0.2, 0.25) is 11.7 Å². The van der Waals surface area contributed by atoms with Crippen molar-refractivity contribution in [1.82, 2.24) is 15.1 Å². The molecule has 3 aliphatic rings. The third-order valence-corrected chi connectivity index (χ3v) is 5.44. The number of ether oxygens (including phenoxy) is 1. The minimum Gasteiger partial charge on any atom is -0.380 e. The van der Waals surface area contributed by atoms with Crippen LogP contribution in [0.3, 0.4) is 0 Å². The number of hydrogen-bond acceptors (Lipinski definition) is 6. The van der Waals surface area contributed by atoms with Gasteiger partial charge >= 0.3 is 0 Å². The van der Waals surface area contributed by atoms with Gasteiger partial charge in [-0.15, -0.1) is 0 Å². The molecule has 6 nitrogen and oxygen atoms in total. The number of aromatic nitrogens is 3. The molecule has 0 atom stereocenters. The molecular weight excluding hydrogens is 316 g/mol. The highest BCUT2D eigenvalue weighted by Crippen LogP contribution is 2.48. The van der Waals surface area contributed by atoms with Gasteiger partial charge in [0.05, 0.1) is 18.6 Å². The van der Waals surface area contributed by atoms with Crippen LogP contribution in [0, 0.1) is 5.41 Å². The predicted octanol–water partition coefficient (Wildman–Crippen LogP) is 3.14. The lowest BCUT2D eigenvalue weighted by Crippen LogP contribution is -2.66. The number of nitrogens with zero attached hydrogens (tertiary/aromatic N) is 4. The molecule has 0 aromatic carbocycles. The average Bonchev–Trinajstić information content (AvgIpc) is 3.19. The maximum absolute atomic E-state index is 5.44. The van der Waals surface area contributed by atoms with Crippen LogP contribution in [0.1, 0.15) is 51.0 Å². The highest BCUT2D eigenvalue weighted by atomic mass is 16.5. The molecule has 0 N–H and O–H groups in total. The highest BCUT2D eigenvalue weighted by molar-refractivity contribution is 5.65. The van der Waals surface area contributed by atoms with Gasteiger partial charge in [-0.3, -0.25) is 4.98 Å². The van der Waals surface area contributed by atoms with Crippen LogP contribution in [0.15, 0.2) is 16.8 Å². The van der Waals surface area contributed by atoms with Crippen molar-refractivity contribution in [3.05, 3.63) is 23.7 Å². The fraction of sp³-hybridized carbons (Fsp3) is 0.632. The Morgan fingerprint density at radius 1 is 1.20 bits per heavy atom. The van der Waals surface area contributed by atoms with Gasteiger partial charge in [0.1, 0.15) is 5.69 Å². The Kier molecular flexibility index (Phi) is 3.08. The monoisotopic (exact) mass is 340 g/mol. The Morgan fingerprint density at radius 2 is 1.96 bits per heavy atom. The summed E-state index contributed by atoms with van der Waals surface area (Å²) in [6, 6.07) is 2.15. The quantitative estimate of drug-likeness (QED) is 0.855. The maximum atomic E-state index is 5.44. The van der Waals surface area contributed by atoms with E-state index in [9.17, 15) is 0 Å². The minimum absolute atomic E-state index is 0.157. The SMILES string of the molecule is CC(C)(C)c1nc(-c2cc(N3CC4(COC4)C3)c(C3CC3)cn2)no1. The van der Waals surface area contributed by atoms with Crippen molar-refractivity contribution in [2.75, 3.05) is 31.2 Å². The second-order valence-corrected chi connectivity index (χ2v) is 8.92. The molecule has 3 fully saturated rings. The molecule has 0 radical (unpaired) electrons. The summed E-state index contributed by atoms with van der Waals surface area (Å²) in [5.41, 5.74) is 3.71. The molecule has 2 saturated heterocycles. The zero-order valence-corrected chi connectivity index (χ0v) is 15.1. The van der Waals surface area contributed by atoms with Crippen molar-refractivity contribution in [3.63, 3.8) is 0 Å². The van der Waals surface area contributed by atoms with Gasteiger partial charge in [0.15, 0.2) is 0 Å². The Morgan fingerprint density at radius 3 is 2.52 bits per heavy atom. The zero-order valence-electron chi connectivity index (χ0n) is 15.1. The standard InChI is InChI=1S/C19H24N4O2/c1-18(2,3)17-21-16(22-25-17)14-6-15(13(7-20-14)12-4-5-12)23-8-19(9-23)10-24-11-19/h6-7,12H,4-5,8-11H2,1-3H3. The van der Waals surface area contributed by atoms with Crippen LogP contribution in [-0.2, 0) is 10.2 Å². The third kappa shape index (κ3) is 2.54. The first-order valence-electron chi connectivity index (χ1n) is 9.11. The normalized spacial score (nSPS) is 22.0. The molecule has 2 aliphatic heterocycles. The van der Waals surface area contributed by atoms with E-state index in [-0.39, 0.29) is 5.41 Å². The molecular formula is C19H24N4O2. The number of anilines is 1. The average molecular weight is 340 g/mol. The smallest absolute Gasteiger partial charge is 0.232 e. The maximum Gasteiger partial charge on any atom is 0.232 e. The molecule has 1 saturated carbocycles. The van der Waals surface area contributed by atoms with E-state index in [2.05, 4.69) is 46.9 Å².